The van der Waals surface area contributed by atoms with Crippen molar-refractivity contribution in [1.29, 1.82) is 0 Å². The van der Waals surface area contributed by atoms with Gasteiger partial charge in [0, 0.05) is 38.3 Å². The van der Waals surface area contributed by atoms with Crippen LogP contribution in [0.3, 0.4) is 0 Å². The summed E-state index contributed by atoms with van der Waals surface area (Å²) in [5, 5.41) is 0. The largest absolute Gasteiger partial charge is 0.331 e. The monoisotopic (exact) mass is 432 g/mol. The van der Waals surface area contributed by atoms with E-state index in [9.17, 15) is 13.2 Å². The second-order valence-corrected chi connectivity index (χ2v) is 7.82. The Morgan fingerprint density at radius 1 is 0.733 bits per heavy atom. The van der Waals surface area contributed by atoms with Crippen molar-refractivity contribution in [3.05, 3.63) is 35.1 Å². The van der Waals surface area contributed by atoms with Gasteiger partial charge in [0.2, 0.25) is 0 Å². The van der Waals surface area contributed by atoms with E-state index in [0.717, 1.165) is 44.2 Å². The Bertz CT molecular complexity index is 554. The van der Waals surface area contributed by atoms with Gasteiger partial charge in [-0.05, 0) is 25.7 Å². The number of hydrogen-bond acceptors (Lipinski definition) is 3. The van der Waals surface area contributed by atoms with E-state index in [1.807, 2.05) is 0 Å². The van der Waals surface area contributed by atoms with Gasteiger partial charge in [-0.1, -0.05) is 58.3 Å². The molecule has 0 N–H and O–H groups in total. The molecule has 30 heavy (non-hydrogen) atoms. The van der Waals surface area contributed by atoms with Gasteiger partial charge in [-0.3, -0.25) is 0 Å². The maximum atomic E-state index is 13.6. The Labute approximate surface area is 180 Å². The van der Waals surface area contributed by atoms with E-state index in [1.165, 1.54) is 32.1 Å². The first-order valence-corrected chi connectivity index (χ1v) is 11.4. The molecule has 0 amide bonds. The molecule has 6 heteroatoms. The van der Waals surface area contributed by atoms with Gasteiger partial charge in [-0.2, -0.15) is 0 Å². The number of methoxy groups -OCH3 is 2. The van der Waals surface area contributed by atoms with Crippen molar-refractivity contribution in [1.82, 2.24) is 0 Å². The molecule has 3 nitrogen and oxygen atoms in total. The minimum Gasteiger partial charge on any atom is -0.331 e. The van der Waals surface area contributed by atoms with E-state index in [1.54, 1.807) is 14.2 Å². The van der Waals surface area contributed by atoms with Gasteiger partial charge in [0.1, 0.15) is 17.5 Å². The third-order valence-electron chi connectivity index (χ3n) is 5.46. The van der Waals surface area contributed by atoms with Crippen LogP contribution in [0.25, 0.3) is 0 Å². The first kappa shape index (κ1) is 26.9. The summed E-state index contributed by atoms with van der Waals surface area (Å²) in [4.78, 5) is 0. The highest BCUT2D eigenvalue weighted by Gasteiger charge is 2.30. The molecule has 0 spiro atoms. The summed E-state index contributed by atoms with van der Waals surface area (Å²) in [7, 11) is 3.19. The third kappa shape index (κ3) is 10.3. The van der Waals surface area contributed by atoms with Gasteiger partial charge in [0.05, 0.1) is 6.61 Å². The maximum absolute atomic E-state index is 13.6. The molecule has 0 saturated carbocycles. The van der Waals surface area contributed by atoms with Gasteiger partial charge in [-0.25, -0.2) is 13.2 Å². The van der Waals surface area contributed by atoms with E-state index in [2.05, 4.69) is 6.92 Å². The molecule has 0 unspecified atom stereocenters. The van der Waals surface area contributed by atoms with E-state index in [-0.39, 0.29) is 12.0 Å². The summed E-state index contributed by atoms with van der Waals surface area (Å²) < 4.78 is 57.1. The van der Waals surface area contributed by atoms with Crippen LogP contribution in [0.15, 0.2) is 12.1 Å². The molecule has 0 heterocycles. The predicted octanol–water partition coefficient (Wildman–Crippen LogP) is 7.31. The van der Waals surface area contributed by atoms with Crippen molar-refractivity contribution in [2.24, 2.45) is 0 Å². The van der Waals surface area contributed by atoms with Crippen LogP contribution in [-0.2, 0) is 20.6 Å². The van der Waals surface area contributed by atoms with Crippen molar-refractivity contribution in [2.75, 3.05) is 20.8 Å². The minimum absolute atomic E-state index is 0.0415. The smallest absolute Gasteiger partial charge is 0.282 e. The van der Waals surface area contributed by atoms with Gasteiger partial charge in [0.25, 0.3) is 5.97 Å². The normalized spacial score (nSPS) is 11.9. The second kappa shape index (κ2) is 15.7. The van der Waals surface area contributed by atoms with Crippen LogP contribution in [0.1, 0.15) is 89.5 Å². The minimum atomic E-state index is -0.996. The number of ether oxygens (including phenoxy) is 3. The number of unbranched alkanes of at least 4 members (excludes halogenated alkanes) is 9. The highest BCUT2D eigenvalue weighted by Crippen LogP contribution is 2.23. The summed E-state index contributed by atoms with van der Waals surface area (Å²) >= 11 is 0. The lowest BCUT2D eigenvalue weighted by Gasteiger charge is -2.30. The number of hydrogen-bond donors (Lipinski definition) is 0. The summed E-state index contributed by atoms with van der Waals surface area (Å²) in [6.07, 6.45) is 12.5. The molecular formula is C24H39F3O3. The highest BCUT2D eigenvalue weighted by atomic mass is 19.1. The topological polar surface area (TPSA) is 27.7 Å². The fourth-order valence-corrected chi connectivity index (χ4v) is 3.57. The number of rotatable bonds is 18. The molecule has 174 valence electrons. The van der Waals surface area contributed by atoms with E-state index >= 15 is 0 Å². The summed E-state index contributed by atoms with van der Waals surface area (Å²) in [5.41, 5.74) is -0.0415. The average molecular weight is 433 g/mol. The molecule has 0 aliphatic carbocycles. The molecule has 0 bridgehead atoms. The predicted molar refractivity (Wildman–Crippen MR) is 114 cm³/mol. The molecule has 1 aromatic carbocycles. The molecule has 0 aliphatic heterocycles. The molecule has 0 radical (unpaired) electrons. The summed E-state index contributed by atoms with van der Waals surface area (Å²) in [5.74, 6) is -3.51. The molecule has 0 aromatic heterocycles. The maximum Gasteiger partial charge on any atom is 0.282 e. The van der Waals surface area contributed by atoms with Crippen molar-refractivity contribution in [3.63, 3.8) is 0 Å². The van der Waals surface area contributed by atoms with Crippen molar-refractivity contribution in [3.8, 4) is 0 Å². The quantitative estimate of drug-likeness (QED) is 0.180. The van der Waals surface area contributed by atoms with Crippen molar-refractivity contribution >= 4 is 0 Å². The van der Waals surface area contributed by atoms with E-state index < -0.39 is 23.4 Å². The second-order valence-electron chi connectivity index (χ2n) is 7.82. The van der Waals surface area contributed by atoms with Gasteiger partial charge < -0.3 is 14.2 Å². The van der Waals surface area contributed by atoms with Crippen molar-refractivity contribution < 1.29 is 27.4 Å². The van der Waals surface area contributed by atoms with Crippen LogP contribution >= 0.6 is 0 Å². The lowest BCUT2D eigenvalue weighted by molar-refractivity contribution is -0.365. The molecule has 0 aliphatic rings. The van der Waals surface area contributed by atoms with Crippen LogP contribution in [0, 0.1) is 17.5 Å². The molecule has 1 aromatic rings. The Morgan fingerprint density at radius 2 is 1.27 bits per heavy atom. The Kier molecular flexibility index (Phi) is 14.1. The van der Waals surface area contributed by atoms with Crippen LogP contribution < -0.4 is 0 Å². The molecule has 1 rings (SSSR count). The Morgan fingerprint density at radius 3 is 1.87 bits per heavy atom. The van der Waals surface area contributed by atoms with Gasteiger partial charge in [0.15, 0.2) is 0 Å². The number of halogens is 3. The Balaban J connectivity index is 2.20. The van der Waals surface area contributed by atoms with E-state index in [0.29, 0.717) is 19.4 Å². The van der Waals surface area contributed by atoms with Crippen LogP contribution in [0.2, 0.25) is 0 Å². The van der Waals surface area contributed by atoms with Crippen LogP contribution in [-0.4, -0.2) is 26.8 Å². The lowest BCUT2D eigenvalue weighted by Crippen LogP contribution is -2.37. The fourth-order valence-electron chi connectivity index (χ4n) is 3.57. The molecule has 0 atom stereocenters. The lowest BCUT2D eigenvalue weighted by atomic mass is 10.0. The average Bonchev–Trinajstić information content (AvgIpc) is 2.72. The Hall–Kier alpha value is -1.11. The molecule has 0 fully saturated rings. The standard InChI is InChI=1S/C24H39F3O3/c1-4-5-6-7-8-10-13-16-24(28-2,29-3)30-17-14-11-9-12-15-21-22(26)18-20(25)19-23(21)27/h18-19H,4-17H2,1-3H3. The van der Waals surface area contributed by atoms with E-state index in [4.69, 9.17) is 14.2 Å². The summed E-state index contributed by atoms with van der Waals surface area (Å²) in [6.45, 7) is 2.71. The zero-order valence-corrected chi connectivity index (χ0v) is 18.9. The number of benzene rings is 1. The van der Waals surface area contributed by atoms with Crippen LogP contribution in [0.5, 0.6) is 0 Å². The fraction of sp³-hybridized carbons (Fsp3) is 0.750. The zero-order valence-electron chi connectivity index (χ0n) is 18.9. The SMILES string of the molecule is CCCCCCCCCC(OC)(OC)OCCCCCCc1c(F)cc(F)cc1F. The highest BCUT2D eigenvalue weighted by molar-refractivity contribution is 5.20. The first-order valence-electron chi connectivity index (χ1n) is 11.4. The molecule has 0 saturated heterocycles. The molecular weight excluding hydrogens is 393 g/mol. The summed E-state index contributed by atoms with van der Waals surface area (Å²) in [6, 6.07) is 1.46. The first-order chi connectivity index (χ1) is 14.5. The zero-order chi connectivity index (χ0) is 22.2. The van der Waals surface area contributed by atoms with Crippen molar-refractivity contribution in [2.45, 2.75) is 96.4 Å². The van der Waals surface area contributed by atoms with Gasteiger partial charge >= 0.3 is 0 Å². The van der Waals surface area contributed by atoms with Crippen LogP contribution in [0.4, 0.5) is 13.2 Å². The van der Waals surface area contributed by atoms with Gasteiger partial charge in [-0.15, -0.1) is 0 Å². The third-order valence-corrected chi connectivity index (χ3v) is 5.46.